The van der Waals surface area contributed by atoms with E-state index in [1.165, 1.54) is 16.8 Å². The molecule has 3 rings (SSSR count). The minimum absolute atomic E-state index is 0.0502. The van der Waals surface area contributed by atoms with Crippen LogP contribution < -0.4 is 10.6 Å². The predicted octanol–water partition coefficient (Wildman–Crippen LogP) is 1.23. The van der Waals surface area contributed by atoms with Crippen LogP contribution in [-0.2, 0) is 4.74 Å². The lowest BCUT2D eigenvalue weighted by atomic mass is 9.79. The van der Waals surface area contributed by atoms with E-state index in [-0.39, 0.29) is 22.7 Å². The van der Waals surface area contributed by atoms with Gasteiger partial charge in [0.25, 0.3) is 11.6 Å². The van der Waals surface area contributed by atoms with E-state index >= 15 is 0 Å². The Morgan fingerprint density at radius 2 is 2.18 bits per heavy atom. The molecular weight excluding hydrogens is 364 g/mol. The van der Waals surface area contributed by atoms with E-state index in [0.29, 0.717) is 24.5 Å². The fraction of sp³-hybridized carbons (Fsp3) is 0.500. The summed E-state index contributed by atoms with van der Waals surface area (Å²) in [5, 5.41) is 25.3. The summed E-state index contributed by atoms with van der Waals surface area (Å²) in [6, 6.07) is 6.04. The Hall–Kier alpha value is -2.85. The molecule has 1 aliphatic rings. The zero-order chi connectivity index (χ0) is 20.1. The van der Waals surface area contributed by atoms with E-state index in [2.05, 4.69) is 20.9 Å². The van der Waals surface area contributed by atoms with Gasteiger partial charge >= 0.3 is 0 Å². The Labute approximate surface area is 162 Å². The zero-order valence-electron chi connectivity index (χ0n) is 16.0. The second-order valence-corrected chi connectivity index (χ2v) is 7.08. The van der Waals surface area contributed by atoms with Gasteiger partial charge in [0.1, 0.15) is 0 Å². The number of nitro groups is 1. The monoisotopic (exact) mass is 388 g/mol. The van der Waals surface area contributed by atoms with Crippen molar-refractivity contribution in [3.05, 3.63) is 45.8 Å². The number of carbonyl (C=O) groups is 1. The first-order valence-electron chi connectivity index (χ1n) is 9.11. The minimum Gasteiger partial charge on any atom is -0.384 e. The first-order chi connectivity index (χ1) is 13.5. The number of benzene rings is 1. The number of methoxy groups -OCH3 is 1. The SMILES string of the molecule is COCC1(CNC(=O)c2nnn(-c3cccc([N+](=O)[O-])c3)c2C)CCNCC1. The van der Waals surface area contributed by atoms with Crippen LogP contribution in [-0.4, -0.2) is 59.2 Å². The Balaban J connectivity index is 1.75. The molecule has 1 aromatic heterocycles. The summed E-state index contributed by atoms with van der Waals surface area (Å²) >= 11 is 0. The van der Waals surface area contributed by atoms with Crippen molar-refractivity contribution in [3.8, 4) is 5.69 Å². The summed E-state index contributed by atoms with van der Waals surface area (Å²) in [4.78, 5) is 23.2. The van der Waals surface area contributed by atoms with Gasteiger partial charge in [-0.1, -0.05) is 11.3 Å². The second-order valence-electron chi connectivity index (χ2n) is 7.08. The van der Waals surface area contributed by atoms with Crippen molar-refractivity contribution in [2.24, 2.45) is 5.41 Å². The van der Waals surface area contributed by atoms with Crippen molar-refractivity contribution < 1.29 is 14.5 Å². The van der Waals surface area contributed by atoms with Crippen LogP contribution in [0.3, 0.4) is 0 Å². The standard InChI is InChI=1S/C18H24N6O4/c1-13-16(17(25)20-11-18(12-28-2)6-8-19-9-7-18)21-22-23(13)14-4-3-5-15(10-14)24(26)27/h3-5,10,19H,6-9,11-12H2,1-2H3,(H,20,25). The average Bonchev–Trinajstić information content (AvgIpc) is 3.09. The maximum Gasteiger partial charge on any atom is 0.273 e. The molecular formula is C18H24N6O4. The van der Waals surface area contributed by atoms with Crippen molar-refractivity contribution in [1.82, 2.24) is 25.6 Å². The number of nitrogens with zero attached hydrogens (tertiary/aromatic N) is 4. The molecule has 0 spiro atoms. The lowest BCUT2D eigenvalue weighted by Crippen LogP contribution is -2.47. The van der Waals surface area contributed by atoms with Crippen LogP contribution in [0.2, 0.25) is 0 Å². The normalized spacial score (nSPS) is 15.9. The van der Waals surface area contributed by atoms with Gasteiger partial charge in [-0.25, -0.2) is 4.68 Å². The number of carbonyl (C=O) groups excluding carboxylic acids is 1. The molecule has 2 heterocycles. The third kappa shape index (κ3) is 4.18. The van der Waals surface area contributed by atoms with E-state index in [1.54, 1.807) is 26.2 Å². The van der Waals surface area contributed by atoms with Crippen molar-refractivity contribution in [2.45, 2.75) is 19.8 Å². The highest BCUT2D eigenvalue weighted by Crippen LogP contribution is 2.28. The molecule has 1 amide bonds. The van der Waals surface area contributed by atoms with Gasteiger partial charge in [0.05, 0.1) is 22.9 Å². The Morgan fingerprint density at radius 1 is 1.43 bits per heavy atom. The number of rotatable bonds is 7. The first kappa shape index (κ1) is 19.9. The molecule has 150 valence electrons. The summed E-state index contributed by atoms with van der Waals surface area (Å²) in [6.07, 6.45) is 1.83. The molecule has 2 aromatic rings. The van der Waals surface area contributed by atoms with Crippen LogP contribution in [0.5, 0.6) is 0 Å². The maximum absolute atomic E-state index is 12.7. The highest BCUT2D eigenvalue weighted by molar-refractivity contribution is 5.93. The van der Waals surface area contributed by atoms with Crippen LogP contribution in [0.15, 0.2) is 24.3 Å². The van der Waals surface area contributed by atoms with E-state index in [4.69, 9.17) is 4.74 Å². The lowest BCUT2D eigenvalue weighted by Gasteiger charge is -2.37. The predicted molar refractivity (Wildman–Crippen MR) is 101 cm³/mol. The molecule has 1 aliphatic heterocycles. The second kappa shape index (κ2) is 8.44. The number of non-ortho nitro benzene ring substituents is 1. The third-order valence-electron chi connectivity index (χ3n) is 5.13. The molecule has 0 radical (unpaired) electrons. The minimum atomic E-state index is -0.475. The van der Waals surface area contributed by atoms with Crippen LogP contribution >= 0.6 is 0 Å². The van der Waals surface area contributed by atoms with Crippen LogP contribution in [0, 0.1) is 22.5 Å². The summed E-state index contributed by atoms with van der Waals surface area (Å²) in [7, 11) is 1.67. The molecule has 0 bridgehead atoms. The highest BCUT2D eigenvalue weighted by Gasteiger charge is 2.33. The summed E-state index contributed by atoms with van der Waals surface area (Å²) in [6.45, 7) is 4.56. The molecule has 1 saturated heterocycles. The van der Waals surface area contributed by atoms with Gasteiger partial charge in [-0.2, -0.15) is 0 Å². The maximum atomic E-state index is 12.7. The van der Waals surface area contributed by atoms with Crippen LogP contribution in [0.25, 0.3) is 5.69 Å². The fourth-order valence-electron chi connectivity index (χ4n) is 3.51. The Morgan fingerprint density at radius 3 is 2.86 bits per heavy atom. The van der Waals surface area contributed by atoms with Gasteiger partial charge in [-0.15, -0.1) is 5.10 Å². The topological polar surface area (TPSA) is 124 Å². The van der Waals surface area contributed by atoms with Gasteiger partial charge in [-0.05, 0) is 38.9 Å². The van der Waals surface area contributed by atoms with Gasteiger partial charge in [0, 0.05) is 31.2 Å². The number of hydrogen-bond donors (Lipinski definition) is 2. The van der Waals surface area contributed by atoms with Gasteiger partial charge in [-0.3, -0.25) is 14.9 Å². The number of amides is 1. The van der Waals surface area contributed by atoms with Crippen LogP contribution in [0.1, 0.15) is 29.0 Å². The average molecular weight is 388 g/mol. The molecule has 10 heteroatoms. The summed E-state index contributed by atoms with van der Waals surface area (Å²) < 4.78 is 6.80. The highest BCUT2D eigenvalue weighted by atomic mass is 16.6. The van der Waals surface area contributed by atoms with E-state index in [1.807, 2.05) is 0 Å². The van der Waals surface area contributed by atoms with Gasteiger partial charge < -0.3 is 15.4 Å². The molecule has 1 fully saturated rings. The fourth-order valence-corrected chi connectivity index (χ4v) is 3.51. The van der Waals surface area contributed by atoms with Crippen molar-refractivity contribution in [2.75, 3.05) is 33.4 Å². The number of ether oxygens (including phenoxy) is 1. The lowest BCUT2D eigenvalue weighted by molar-refractivity contribution is -0.384. The van der Waals surface area contributed by atoms with E-state index < -0.39 is 4.92 Å². The molecule has 0 unspecified atom stereocenters. The van der Waals surface area contributed by atoms with E-state index in [9.17, 15) is 14.9 Å². The number of aromatic nitrogens is 3. The first-order valence-corrected chi connectivity index (χ1v) is 9.11. The number of hydrogen-bond acceptors (Lipinski definition) is 7. The summed E-state index contributed by atoms with van der Waals surface area (Å²) in [5.74, 6) is -0.316. The summed E-state index contributed by atoms with van der Waals surface area (Å²) in [5.41, 5.74) is 1.05. The molecule has 0 atom stereocenters. The Bertz CT molecular complexity index is 854. The Kier molecular flexibility index (Phi) is 6.00. The molecule has 2 N–H and O–H groups in total. The number of nitro benzene ring substituents is 1. The van der Waals surface area contributed by atoms with Gasteiger partial charge in [0.2, 0.25) is 0 Å². The van der Waals surface area contributed by atoms with Crippen molar-refractivity contribution in [1.29, 1.82) is 0 Å². The van der Waals surface area contributed by atoms with E-state index in [0.717, 1.165) is 25.9 Å². The molecule has 0 aliphatic carbocycles. The molecule has 28 heavy (non-hydrogen) atoms. The smallest absolute Gasteiger partial charge is 0.273 e. The number of piperidine rings is 1. The number of nitrogens with one attached hydrogen (secondary N) is 2. The van der Waals surface area contributed by atoms with Crippen molar-refractivity contribution >= 4 is 11.6 Å². The quantitative estimate of drug-likeness (QED) is 0.540. The third-order valence-corrected chi connectivity index (χ3v) is 5.13. The molecule has 10 nitrogen and oxygen atoms in total. The van der Waals surface area contributed by atoms with Gasteiger partial charge in [0.15, 0.2) is 5.69 Å². The van der Waals surface area contributed by atoms with Crippen LogP contribution in [0.4, 0.5) is 5.69 Å². The molecule has 1 aromatic carbocycles. The largest absolute Gasteiger partial charge is 0.384 e. The zero-order valence-corrected chi connectivity index (χ0v) is 16.0. The molecule has 0 saturated carbocycles. The van der Waals surface area contributed by atoms with Crippen molar-refractivity contribution in [3.63, 3.8) is 0 Å².